The molecule has 1 fully saturated rings. The number of ether oxygens (including phenoxy) is 2. The third kappa shape index (κ3) is 2.79. The van der Waals surface area contributed by atoms with E-state index in [9.17, 15) is 4.39 Å². The molecule has 0 saturated heterocycles. The summed E-state index contributed by atoms with van der Waals surface area (Å²) in [7, 11) is 0. The van der Waals surface area contributed by atoms with Crippen molar-refractivity contribution in [1.82, 2.24) is 0 Å². The molecule has 3 unspecified atom stereocenters. The molecule has 2 rings (SSSR count). The summed E-state index contributed by atoms with van der Waals surface area (Å²) in [5.41, 5.74) is 5.83. The van der Waals surface area contributed by atoms with E-state index in [4.69, 9.17) is 26.8 Å². The van der Waals surface area contributed by atoms with Gasteiger partial charge >= 0.3 is 0 Å². The van der Waals surface area contributed by atoms with Crippen LogP contribution in [0.25, 0.3) is 0 Å². The van der Waals surface area contributed by atoms with E-state index in [0.29, 0.717) is 23.2 Å². The Kier molecular flexibility index (Phi) is 4.48. The van der Waals surface area contributed by atoms with Gasteiger partial charge in [0.1, 0.15) is 23.8 Å². The number of hydrogen-bond donors (Lipinski definition) is 1. The molecule has 2 N–H and O–H groups in total. The molecule has 1 aromatic rings. The number of nitrogens with two attached hydrogens (primary N) is 1. The summed E-state index contributed by atoms with van der Waals surface area (Å²) in [5, 5.41) is 0.0564. The van der Waals surface area contributed by atoms with Crippen molar-refractivity contribution >= 4 is 27.5 Å². The molecule has 0 radical (unpaired) electrons. The lowest BCUT2D eigenvalue weighted by atomic mass is 9.86. The van der Waals surface area contributed by atoms with Crippen molar-refractivity contribution in [3.8, 4) is 5.75 Å². The van der Waals surface area contributed by atoms with E-state index in [1.54, 1.807) is 0 Å². The number of benzene rings is 1. The van der Waals surface area contributed by atoms with Crippen LogP contribution in [0, 0.1) is 5.82 Å². The first kappa shape index (κ1) is 14.1. The minimum absolute atomic E-state index is 0.0223. The molecule has 1 aromatic carbocycles. The Morgan fingerprint density at radius 2 is 2.28 bits per heavy atom. The van der Waals surface area contributed by atoms with Crippen LogP contribution >= 0.6 is 27.5 Å². The highest BCUT2D eigenvalue weighted by Crippen LogP contribution is 2.34. The molecular weight excluding hydrogens is 324 g/mol. The van der Waals surface area contributed by atoms with Gasteiger partial charge in [0.15, 0.2) is 0 Å². The highest BCUT2D eigenvalue weighted by atomic mass is 79.9. The van der Waals surface area contributed by atoms with Crippen molar-refractivity contribution in [2.75, 3.05) is 6.61 Å². The fourth-order valence-electron chi connectivity index (χ4n) is 1.91. The molecule has 18 heavy (non-hydrogen) atoms. The molecular formula is C12H14BrClFNO2. The average Bonchev–Trinajstić information content (AvgIpc) is 2.32. The summed E-state index contributed by atoms with van der Waals surface area (Å²) >= 11 is 8.96. The molecule has 1 aliphatic carbocycles. The average molecular weight is 339 g/mol. The minimum atomic E-state index is -0.508. The largest absolute Gasteiger partial charge is 0.486 e. The molecule has 0 amide bonds. The Hall–Kier alpha value is -0.360. The number of rotatable bonds is 4. The second-order valence-electron chi connectivity index (χ2n) is 4.17. The van der Waals surface area contributed by atoms with Gasteiger partial charge in [-0.05, 0) is 28.9 Å². The Labute approximate surface area is 119 Å². The van der Waals surface area contributed by atoms with Gasteiger partial charge in [0.05, 0.1) is 9.50 Å². The molecule has 3 atom stereocenters. The molecule has 100 valence electrons. The SMILES string of the molecule is CCOC1C(N)CC1Oc1cc(F)c(Cl)cc1Br. The zero-order valence-corrected chi connectivity index (χ0v) is 12.2. The predicted octanol–water partition coefficient (Wildman–Crippen LogP) is 3.13. The number of halogens is 3. The van der Waals surface area contributed by atoms with E-state index in [0.717, 1.165) is 0 Å². The predicted molar refractivity (Wildman–Crippen MR) is 71.5 cm³/mol. The summed E-state index contributed by atoms with van der Waals surface area (Å²) in [6.07, 6.45) is 0.416. The standard InChI is InChI=1S/C12H14BrClFNO2/c1-2-17-12-9(16)5-11(12)18-10-4-8(15)7(14)3-6(10)13/h3-4,9,11-12H,2,5,16H2,1H3. The van der Waals surface area contributed by atoms with Gasteiger partial charge in [0.25, 0.3) is 0 Å². The van der Waals surface area contributed by atoms with Gasteiger partial charge in [-0.2, -0.15) is 0 Å². The van der Waals surface area contributed by atoms with Crippen LogP contribution in [0.2, 0.25) is 5.02 Å². The van der Waals surface area contributed by atoms with Crippen LogP contribution in [0.1, 0.15) is 13.3 Å². The van der Waals surface area contributed by atoms with Gasteiger partial charge in [-0.1, -0.05) is 11.6 Å². The Morgan fingerprint density at radius 3 is 2.89 bits per heavy atom. The van der Waals surface area contributed by atoms with Crippen molar-refractivity contribution < 1.29 is 13.9 Å². The second kappa shape index (κ2) is 5.74. The van der Waals surface area contributed by atoms with E-state index in [1.165, 1.54) is 12.1 Å². The first-order valence-electron chi connectivity index (χ1n) is 5.71. The molecule has 0 aliphatic heterocycles. The summed E-state index contributed by atoms with van der Waals surface area (Å²) in [6, 6.07) is 2.71. The van der Waals surface area contributed by atoms with E-state index in [1.807, 2.05) is 6.92 Å². The third-order valence-electron chi connectivity index (χ3n) is 2.91. The fraction of sp³-hybridized carbons (Fsp3) is 0.500. The lowest BCUT2D eigenvalue weighted by Gasteiger charge is -2.41. The smallest absolute Gasteiger partial charge is 0.145 e. The van der Waals surface area contributed by atoms with Gasteiger partial charge in [-0.3, -0.25) is 0 Å². The summed E-state index contributed by atoms with van der Waals surface area (Å²) in [4.78, 5) is 0. The first-order valence-corrected chi connectivity index (χ1v) is 6.88. The third-order valence-corrected chi connectivity index (χ3v) is 3.81. The molecule has 3 nitrogen and oxygen atoms in total. The van der Waals surface area contributed by atoms with Gasteiger partial charge in [-0.15, -0.1) is 0 Å². The van der Waals surface area contributed by atoms with Crippen molar-refractivity contribution in [3.05, 3.63) is 27.4 Å². The molecule has 0 bridgehead atoms. The van der Waals surface area contributed by atoms with Crippen LogP contribution in [0.4, 0.5) is 4.39 Å². The van der Waals surface area contributed by atoms with Crippen LogP contribution in [0.5, 0.6) is 5.75 Å². The van der Waals surface area contributed by atoms with Gasteiger partial charge in [-0.25, -0.2) is 4.39 Å². The van der Waals surface area contributed by atoms with Crippen LogP contribution < -0.4 is 10.5 Å². The van der Waals surface area contributed by atoms with Crippen molar-refractivity contribution in [2.24, 2.45) is 5.73 Å². The van der Waals surface area contributed by atoms with Crippen LogP contribution in [-0.4, -0.2) is 24.9 Å². The maximum Gasteiger partial charge on any atom is 0.145 e. The van der Waals surface area contributed by atoms with Crippen LogP contribution in [-0.2, 0) is 4.74 Å². The molecule has 0 heterocycles. The monoisotopic (exact) mass is 337 g/mol. The maximum atomic E-state index is 13.4. The van der Waals surface area contributed by atoms with Crippen LogP contribution in [0.15, 0.2) is 16.6 Å². The first-order chi connectivity index (χ1) is 8.52. The second-order valence-corrected chi connectivity index (χ2v) is 5.43. The maximum absolute atomic E-state index is 13.4. The summed E-state index contributed by atoms with van der Waals surface area (Å²) in [6.45, 7) is 2.48. The van der Waals surface area contributed by atoms with Gasteiger partial charge < -0.3 is 15.2 Å². The van der Waals surface area contributed by atoms with Crippen LogP contribution in [0.3, 0.4) is 0 Å². The van der Waals surface area contributed by atoms with Crippen molar-refractivity contribution in [1.29, 1.82) is 0 Å². The lowest BCUT2D eigenvalue weighted by molar-refractivity contribution is -0.0948. The molecule has 6 heteroatoms. The molecule has 1 aliphatic rings. The Morgan fingerprint density at radius 1 is 1.56 bits per heavy atom. The quantitative estimate of drug-likeness (QED) is 0.858. The van der Waals surface area contributed by atoms with E-state index < -0.39 is 5.82 Å². The zero-order chi connectivity index (χ0) is 13.3. The highest BCUT2D eigenvalue weighted by molar-refractivity contribution is 9.10. The number of hydrogen-bond acceptors (Lipinski definition) is 3. The topological polar surface area (TPSA) is 44.5 Å². The lowest BCUT2D eigenvalue weighted by Crippen LogP contribution is -2.59. The van der Waals surface area contributed by atoms with Crippen molar-refractivity contribution in [2.45, 2.75) is 31.6 Å². The van der Waals surface area contributed by atoms with E-state index in [-0.39, 0.29) is 23.3 Å². The fourth-order valence-corrected chi connectivity index (χ4v) is 2.64. The molecule has 0 aromatic heterocycles. The van der Waals surface area contributed by atoms with Gasteiger partial charge in [0.2, 0.25) is 0 Å². The highest BCUT2D eigenvalue weighted by Gasteiger charge is 2.41. The zero-order valence-electron chi connectivity index (χ0n) is 9.83. The Balaban J connectivity index is 2.08. The Bertz CT molecular complexity index is 446. The summed E-state index contributed by atoms with van der Waals surface area (Å²) in [5.74, 6) is -0.0926. The summed E-state index contributed by atoms with van der Waals surface area (Å²) < 4.78 is 25.2. The van der Waals surface area contributed by atoms with E-state index >= 15 is 0 Å². The molecule has 0 spiro atoms. The van der Waals surface area contributed by atoms with E-state index in [2.05, 4.69) is 15.9 Å². The molecule has 1 saturated carbocycles. The van der Waals surface area contributed by atoms with Gasteiger partial charge in [0, 0.05) is 25.1 Å². The minimum Gasteiger partial charge on any atom is -0.486 e. The van der Waals surface area contributed by atoms with Crippen molar-refractivity contribution in [3.63, 3.8) is 0 Å². The normalized spacial score (nSPS) is 26.8.